The molecule has 1 aliphatic heterocycles. The molecule has 1 aliphatic rings. The van der Waals surface area contributed by atoms with Gasteiger partial charge in [0.25, 0.3) is 5.91 Å². The number of aromatic nitrogens is 2. The summed E-state index contributed by atoms with van der Waals surface area (Å²) in [6, 6.07) is 12.3. The van der Waals surface area contributed by atoms with Crippen LogP contribution in [0.15, 0.2) is 42.5 Å². The number of anilines is 2. The topological polar surface area (TPSA) is 99.3 Å². The van der Waals surface area contributed by atoms with Crippen LogP contribution in [0.2, 0.25) is 0 Å². The zero-order chi connectivity index (χ0) is 19.5. The second-order valence-corrected chi connectivity index (χ2v) is 6.64. The van der Waals surface area contributed by atoms with Gasteiger partial charge in [-0.1, -0.05) is 6.07 Å². The minimum Gasteiger partial charge on any atom is -0.497 e. The number of benzene rings is 2. The van der Waals surface area contributed by atoms with Crippen molar-refractivity contribution in [3.63, 3.8) is 0 Å². The van der Waals surface area contributed by atoms with E-state index in [0.29, 0.717) is 22.5 Å². The predicted molar refractivity (Wildman–Crippen MR) is 107 cm³/mol. The van der Waals surface area contributed by atoms with Gasteiger partial charge >= 0.3 is 6.03 Å². The first-order valence-electron chi connectivity index (χ1n) is 9.13. The minimum absolute atomic E-state index is 0.119. The standard InChI is InChI=1S/C20H21N5O3/c1-28-15-7-8-17-16(12-15)18(24-23-17)19(26)21-13-5-4-6-14(11-13)22-20(27)25-9-2-3-10-25/h4-8,11-12H,2-3,9-10H2,1H3,(H,21,26)(H,22,27)(H,23,24). The summed E-state index contributed by atoms with van der Waals surface area (Å²) in [5.74, 6) is 0.303. The van der Waals surface area contributed by atoms with Gasteiger partial charge in [-0.2, -0.15) is 5.10 Å². The van der Waals surface area contributed by atoms with Crippen molar-refractivity contribution < 1.29 is 14.3 Å². The van der Waals surface area contributed by atoms with Gasteiger partial charge in [-0.25, -0.2) is 4.79 Å². The van der Waals surface area contributed by atoms with E-state index in [1.807, 2.05) is 6.07 Å². The second kappa shape index (κ2) is 7.59. The summed E-state index contributed by atoms with van der Waals surface area (Å²) in [6.07, 6.45) is 2.07. The molecule has 0 radical (unpaired) electrons. The van der Waals surface area contributed by atoms with E-state index in [1.165, 1.54) is 0 Å². The van der Waals surface area contributed by atoms with E-state index in [1.54, 1.807) is 48.4 Å². The van der Waals surface area contributed by atoms with Crippen LogP contribution in [0.25, 0.3) is 10.9 Å². The number of nitrogens with zero attached hydrogens (tertiary/aromatic N) is 2. The van der Waals surface area contributed by atoms with Gasteiger partial charge in [0.05, 0.1) is 12.6 Å². The van der Waals surface area contributed by atoms with Crippen LogP contribution in [-0.4, -0.2) is 47.2 Å². The molecule has 144 valence electrons. The van der Waals surface area contributed by atoms with Gasteiger partial charge in [-0.15, -0.1) is 0 Å². The first-order valence-corrected chi connectivity index (χ1v) is 9.13. The van der Waals surface area contributed by atoms with Gasteiger partial charge in [0, 0.05) is 29.9 Å². The molecule has 0 bridgehead atoms. The molecule has 8 nitrogen and oxygen atoms in total. The van der Waals surface area contributed by atoms with Crippen molar-refractivity contribution in [3.8, 4) is 5.75 Å². The second-order valence-electron chi connectivity index (χ2n) is 6.64. The van der Waals surface area contributed by atoms with Gasteiger partial charge in [0.15, 0.2) is 5.69 Å². The monoisotopic (exact) mass is 379 g/mol. The fraction of sp³-hybridized carbons (Fsp3) is 0.250. The minimum atomic E-state index is -0.345. The molecule has 1 aromatic heterocycles. The van der Waals surface area contributed by atoms with Crippen LogP contribution in [0, 0.1) is 0 Å². The molecule has 2 heterocycles. The largest absolute Gasteiger partial charge is 0.497 e. The van der Waals surface area contributed by atoms with Crippen LogP contribution in [0.3, 0.4) is 0 Å². The number of nitrogens with one attached hydrogen (secondary N) is 3. The molecule has 3 N–H and O–H groups in total. The number of H-pyrrole nitrogens is 1. The quantitative estimate of drug-likeness (QED) is 0.646. The highest BCUT2D eigenvalue weighted by atomic mass is 16.5. The maximum Gasteiger partial charge on any atom is 0.321 e. The van der Waals surface area contributed by atoms with Crippen LogP contribution in [0.5, 0.6) is 5.75 Å². The van der Waals surface area contributed by atoms with Crippen molar-refractivity contribution in [1.29, 1.82) is 0 Å². The van der Waals surface area contributed by atoms with Crippen LogP contribution in [0.4, 0.5) is 16.2 Å². The summed E-state index contributed by atoms with van der Waals surface area (Å²) >= 11 is 0. The summed E-state index contributed by atoms with van der Waals surface area (Å²) in [5, 5.41) is 13.3. The third-order valence-electron chi connectivity index (χ3n) is 4.75. The molecule has 0 spiro atoms. The summed E-state index contributed by atoms with van der Waals surface area (Å²) in [4.78, 5) is 26.7. The number of urea groups is 1. The van der Waals surface area contributed by atoms with Crippen LogP contribution >= 0.6 is 0 Å². The predicted octanol–water partition coefficient (Wildman–Crippen LogP) is 3.45. The number of rotatable bonds is 4. The average molecular weight is 379 g/mol. The fourth-order valence-electron chi connectivity index (χ4n) is 3.28. The number of carbonyl (C=O) groups is 2. The van der Waals surface area contributed by atoms with E-state index in [9.17, 15) is 9.59 Å². The lowest BCUT2D eigenvalue weighted by atomic mass is 10.2. The Kier molecular flexibility index (Phi) is 4.84. The van der Waals surface area contributed by atoms with Gasteiger partial charge in [0.1, 0.15) is 5.75 Å². The van der Waals surface area contributed by atoms with Crippen molar-refractivity contribution >= 4 is 34.2 Å². The Morgan fingerprint density at radius 1 is 1.07 bits per heavy atom. The number of amides is 3. The van der Waals surface area contributed by atoms with Crippen molar-refractivity contribution in [2.75, 3.05) is 30.8 Å². The number of fused-ring (bicyclic) bond motifs is 1. The number of ether oxygens (including phenoxy) is 1. The molecule has 0 atom stereocenters. The summed E-state index contributed by atoms with van der Waals surface area (Å²) in [7, 11) is 1.57. The molecule has 1 fully saturated rings. The normalized spacial score (nSPS) is 13.5. The molecular weight excluding hydrogens is 358 g/mol. The number of hydrogen-bond acceptors (Lipinski definition) is 4. The molecule has 28 heavy (non-hydrogen) atoms. The van der Waals surface area contributed by atoms with E-state index < -0.39 is 0 Å². The highest BCUT2D eigenvalue weighted by Gasteiger charge is 2.18. The maximum atomic E-state index is 12.7. The number of methoxy groups -OCH3 is 1. The van der Waals surface area contributed by atoms with Gasteiger partial charge < -0.3 is 20.3 Å². The van der Waals surface area contributed by atoms with E-state index in [4.69, 9.17) is 4.74 Å². The van der Waals surface area contributed by atoms with Crippen LogP contribution in [0.1, 0.15) is 23.3 Å². The van der Waals surface area contributed by atoms with E-state index in [-0.39, 0.29) is 17.6 Å². The lowest BCUT2D eigenvalue weighted by Gasteiger charge is -2.16. The molecule has 8 heteroatoms. The summed E-state index contributed by atoms with van der Waals surface area (Å²) in [6.45, 7) is 1.55. The van der Waals surface area contributed by atoms with Gasteiger partial charge in [-0.05, 0) is 49.2 Å². The SMILES string of the molecule is COc1ccc2[nH]nc(C(=O)Nc3cccc(NC(=O)N4CCCC4)c3)c2c1. The Morgan fingerprint density at radius 3 is 2.57 bits per heavy atom. The van der Waals surface area contributed by atoms with Crippen LogP contribution in [-0.2, 0) is 0 Å². The Morgan fingerprint density at radius 2 is 1.82 bits per heavy atom. The van der Waals surface area contributed by atoms with Crippen molar-refractivity contribution in [2.24, 2.45) is 0 Å². The van der Waals surface area contributed by atoms with Crippen molar-refractivity contribution in [2.45, 2.75) is 12.8 Å². The molecule has 0 unspecified atom stereocenters. The third kappa shape index (κ3) is 3.62. The Labute approximate surface area is 161 Å². The molecule has 0 aliphatic carbocycles. The zero-order valence-corrected chi connectivity index (χ0v) is 15.5. The van der Waals surface area contributed by atoms with Gasteiger partial charge in [-0.3, -0.25) is 9.89 Å². The summed E-state index contributed by atoms with van der Waals surface area (Å²) < 4.78 is 5.22. The van der Waals surface area contributed by atoms with Gasteiger partial charge in [0.2, 0.25) is 0 Å². The Balaban J connectivity index is 1.49. The van der Waals surface area contributed by atoms with E-state index in [2.05, 4.69) is 20.8 Å². The Bertz CT molecular complexity index is 1020. The third-order valence-corrected chi connectivity index (χ3v) is 4.75. The number of carbonyl (C=O) groups excluding carboxylic acids is 2. The first kappa shape index (κ1) is 17.8. The number of aromatic amines is 1. The summed E-state index contributed by atoms with van der Waals surface area (Å²) in [5.41, 5.74) is 2.23. The van der Waals surface area contributed by atoms with Crippen LogP contribution < -0.4 is 15.4 Å². The highest BCUT2D eigenvalue weighted by Crippen LogP contribution is 2.23. The molecule has 4 rings (SSSR count). The Hall–Kier alpha value is -3.55. The molecule has 1 saturated heterocycles. The lowest BCUT2D eigenvalue weighted by Crippen LogP contribution is -2.32. The fourth-order valence-corrected chi connectivity index (χ4v) is 3.28. The molecule has 0 saturated carbocycles. The smallest absolute Gasteiger partial charge is 0.321 e. The molecular formula is C20H21N5O3. The zero-order valence-electron chi connectivity index (χ0n) is 15.5. The van der Waals surface area contributed by atoms with Crippen molar-refractivity contribution in [1.82, 2.24) is 15.1 Å². The molecule has 2 aromatic carbocycles. The first-order chi connectivity index (χ1) is 13.6. The lowest BCUT2D eigenvalue weighted by molar-refractivity contribution is 0.102. The number of likely N-dealkylation sites (tertiary alicyclic amines) is 1. The van der Waals surface area contributed by atoms with E-state index >= 15 is 0 Å². The molecule has 3 amide bonds. The van der Waals surface area contributed by atoms with E-state index in [0.717, 1.165) is 31.4 Å². The maximum absolute atomic E-state index is 12.7. The average Bonchev–Trinajstić information content (AvgIpc) is 3.37. The van der Waals surface area contributed by atoms with Crippen molar-refractivity contribution in [3.05, 3.63) is 48.2 Å². The highest BCUT2D eigenvalue weighted by molar-refractivity contribution is 6.11. The molecule has 3 aromatic rings. The number of hydrogen-bond donors (Lipinski definition) is 3.